The maximum Gasteiger partial charge on any atom is 0.240 e. The predicted octanol–water partition coefficient (Wildman–Crippen LogP) is 3.08. The number of benzene rings is 1. The first-order chi connectivity index (χ1) is 10.9. The van der Waals surface area contributed by atoms with Gasteiger partial charge in [-0.2, -0.15) is 0 Å². The molecule has 0 spiro atoms. The molecule has 1 aromatic carbocycles. The average Bonchev–Trinajstić information content (AvgIpc) is 2.49. The molecule has 0 saturated carbocycles. The number of hydrogen-bond acceptors (Lipinski definition) is 5. The molecule has 0 bridgehead atoms. The van der Waals surface area contributed by atoms with Crippen LogP contribution in [-0.2, 0) is 0 Å². The fourth-order valence-corrected chi connectivity index (χ4v) is 2.35. The van der Waals surface area contributed by atoms with Gasteiger partial charge in [0.15, 0.2) is 11.6 Å². The summed E-state index contributed by atoms with van der Waals surface area (Å²) in [4.78, 5) is 8.45. The van der Waals surface area contributed by atoms with Crippen LogP contribution in [0.3, 0.4) is 0 Å². The number of nitrogens with zero attached hydrogens (tertiary/aromatic N) is 4. The number of halogens is 2. The second-order valence-corrected chi connectivity index (χ2v) is 5.13. The highest BCUT2D eigenvalue weighted by molar-refractivity contribution is 5.78. The number of aryl methyl sites for hydroxylation is 2. The first-order valence-corrected chi connectivity index (χ1v) is 6.85. The van der Waals surface area contributed by atoms with E-state index >= 15 is 0 Å². The van der Waals surface area contributed by atoms with Crippen LogP contribution in [0.2, 0.25) is 0 Å². The summed E-state index contributed by atoms with van der Waals surface area (Å²) in [7, 11) is 0. The molecule has 3 rings (SSSR count). The van der Waals surface area contributed by atoms with Gasteiger partial charge in [-0.05, 0) is 44.2 Å². The van der Waals surface area contributed by atoms with Crippen molar-refractivity contribution >= 4 is 5.95 Å². The van der Waals surface area contributed by atoms with Crippen molar-refractivity contribution in [2.45, 2.75) is 13.8 Å². The van der Waals surface area contributed by atoms with E-state index in [4.69, 9.17) is 5.73 Å². The molecule has 3 aromatic rings. The zero-order valence-corrected chi connectivity index (χ0v) is 12.5. The highest BCUT2D eigenvalue weighted by Gasteiger charge is 2.15. The summed E-state index contributed by atoms with van der Waals surface area (Å²) in [6.07, 6.45) is 0. The first-order valence-electron chi connectivity index (χ1n) is 6.85. The monoisotopic (exact) mass is 313 g/mol. The number of nitrogens with two attached hydrogens (primary N) is 1. The Morgan fingerprint density at radius 1 is 0.783 bits per heavy atom. The molecule has 23 heavy (non-hydrogen) atoms. The van der Waals surface area contributed by atoms with Gasteiger partial charge in [-0.1, -0.05) is 0 Å². The molecule has 0 unspecified atom stereocenters. The van der Waals surface area contributed by atoms with Crippen LogP contribution < -0.4 is 5.73 Å². The lowest BCUT2D eigenvalue weighted by atomic mass is 10.0. The predicted molar refractivity (Wildman–Crippen MR) is 82.3 cm³/mol. The van der Waals surface area contributed by atoms with E-state index in [1.807, 2.05) is 26.0 Å². The molecular weight excluding hydrogens is 300 g/mol. The number of nitrogen functional groups attached to an aromatic ring is 1. The topological polar surface area (TPSA) is 77.6 Å². The van der Waals surface area contributed by atoms with Crippen LogP contribution in [0.4, 0.5) is 14.7 Å². The molecule has 0 radical (unpaired) electrons. The molecule has 0 fully saturated rings. The largest absolute Gasteiger partial charge is 0.366 e. The van der Waals surface area contributed by atoms with Crippen LogP contribution in [0.25, 0.3) is 22.5 Å². The van der Waals surface area contributed by atoms with Crippen LogP contribution >= 0.6 is 0 Å². The van der Waals surface area contributed by atoms with Gasteiger partial charge in [-0.3, -0.25) is 4.98 Å². The summed E-state index contributed by atoms with van der Waals surface area (Å²) in [6.45, 7) is 3.71. The van der Waals surface area contributed by atoms with Gasteiger partial charge in [0.25, 0.3) is 0 Å². The molecule has 116 valence electrons. The zero-order chi connectivity index (χ0) is 16.6. The van der Waals surface area contributed by atoms with Crippen molar-refractivity contribution in [1.29, 1.82) is 0 Å². The molecule has 2 heterocycles. The van der Waals surface area contributed by atoms with Crippen molar-refractivity contribution < 1.29 is 8.78 Å². The summed E-state index contributed by atoms with van der Waals surface area (Å²) in [6, 6.07) is 7.15. The van der Waals surface area contributed by atoms with Crippen LogP contribution in [0, 0.1) is 25.5 Å². The molecule has 2 aromatic heterocycles. The number of aromatic nitrogens is 4. The Balaban J connectivity index is 2.24. The van der Waals surface area contributed by atoms with Crippen molar-refractivity contribution in [3.63, 3.8) is 0 Å². The van der Waals surface area contributed by atoms with Crippen LogP contribution in [0.1, 0.15) is 11.4 Å². The van der Waals surface area contributed by atoms with E-state index in [-0.39, 0.29) is 5.95 Å². The Morgan fingerprint density at radius 2 is 1.48 bits per heavy atom. The lowest BCUT2D eigenvalue weighted by Crippen LogP contribution is -2.03. The Bertz CT molecular complexity index is 875. The van der Waals surface area contributed by atoms with Crippen molar-refractivity contribution in [1.82, 2.24) is 20.2 Å². The van der Waals surface area contributed by atoms with E-state index in [2.05, 4.69) is 20.2 Å². The van der Waals surface area contributed by atoms with Gasteiger partial charge < -0.3 is 5.73 Å². The van der Waals surface area contributed by atoms with E-state index < -0.39 is 11.6 Å². The van der Waals surface area contributed by atoms with Crippen molar-refractivity contribution in [2.24, 2.45) is 0 Å². The van der Waals surface area contributed by atoms with Gasteiger partial charge in [-0.15, -0.1) is 10.2 Å². The summed E-state index contributed by atoms with van der Waals surface area (Å²) in [5, 5.41) is 7.85. The third-order valence-electron chi connectivity index (χ3n) is 3.25. The van der Waals surface area contributed by atoms with Crippen molar-refractivity contribution in [3.8, 4) is 22.5 Å². The number of pyridine rings is 1. The first kappa shape index (κ1) is 15.0. The van der Waals surface area contributed by atoms with Gasteiger partial charge in [0, 0.05) is 22.5 Å². The quantitative estimate of drug-likeness (QED) is 0.786. The number of rotatable bonds is 2. The summed E-state index contributed by atoms with van der Waals surface area (Å²) in [5.74, 6) is -1.94. The molecule has 0 saturated heterocycles. The van der Waals surface area contributed by atoms with Crippen LogP contribution in [0.15, 0.2) is 30.3 Å². The Morgan fingerprint density at radius 3 is 2.13 bits per heavy atom. The third kappa shape index (κ3) is 2.98. The minimum absolute atomic E-state index is 0.0454. The SMILES string of the molecule is Cc1cc(-c2nnc(N)nc2-c2ccc(F)c(F)c2)cc(C)n1. The number of hydrogen-bond donors (Lipinski definition) is 1. The molecule has 2 N–H and O–H groups in total. The zero-order valence-electron chi connectivity index (χ0n) is 12.5. The van der Waals surface area contributed by atoms with Crippen LogP contribution in [-0.4, -0.2) is 20.2 Å². The second kappa shape index (κ2) is 5.68. The van der Waals surface area contributed by atoms with Crippen molar-refractivity contribution in [3.05, 3.63) is 53.4 Å². The van der Waals surface area contributed by atoms with Crippen LogP contribution in [0.5, 0.6) is 0 Å². The highest BCUT2D eigenvalue weighted by Crippen LogP contribution is 2.30. The summed E-state index contributed by atoms with van der Waals surface area (Å²) < 4.78 is 26.7. The molecule has 0 aliphatic heterocycles. The molecule has 0 aliphatic rings. The summed E-state index contributed by atoms with van der Waals surface area (Å²) in [5.41, 5.74) is 9.07. The fraction of sp³-hybridized carbons (Fsp3) is 0.125. The van der Waals surface area contributed by atoms with Gasteiger partial charge >= 0.3 is 0 Å². The van der Waals surface area contributed by atoms with E-state index in [9.17, 15) is 8.78 Å². The molecule has 5 nitrogen and oxygen atoms in total. The van der Waals surface area contributed by atoms with E-state index in [1.165, 1.54) is 6.07 Å². The lowest BCUT2D eigenvalue weighted by molar-refractivity contribution is 0.509. The van der Waals surface area contributed by atoms with Crippen molar-refractivity contribution in [2.75, 3.05) is 5.73 Å². The maximum atomic E-state index is 13.5. The van der Waals surface area contributed by atoms with Gasteiger partial charge in [0.05, 0.1) is 0 Å². The minimum Gasteiger partial charge on any atom is -0.366 e. The molecule has 7 heteroatoms. The Labute approximate surface area is 131 Å². The molecule has 0 atom stereocenters. The lowest BCUT2D eigenvalue weighted by Gasteiger charge is -2.09. The Kier molecular flexibility index (Phi) is 3.69. The second-order valence-electron chi connectivity index (χ2n) is 5.13. The van der Waals surface area contributed by atoms with E-state index in [0.717, 1.165) is 29.1 Å². The molecule has 0 amide bonds. The smallest absolute Gasteiger partial charge is 0.240 e. The van der Waals surface area contributed by atoms with E-state index in [1.54, 1.807) is 0 Å². The standard InChI is InChI=1S/C16H13F2N5/c1-8-5-11(6-9(2)20-8)15-14(21-16(19)23-22-15)10-3-4-12(17)13(18)7-10/h3-7H,1-2H3,(H2,19,21,23). The van der Waals surface area contributed by atoms with Gasteiger partial charge in [0.2, 0.25) is 5.95 Å². The average molecular weight is 313 g/mol. The maximum absolute atomic E-state index is 13.5. The normalized spacial score (nSPS) is 10.8. The minimum atomic E-state index is -0.965. The summed E-state index contributed by atoms with van der Waals surface area (Å²) >= 11 is 0. The third-order valence-corrected chi connectivity index (χ3v) is 3.25. The number of anilines is 1. The molecule has 0 aliphatic carbocycles. The van der Waals surface area contributed by atoms with E-state index in [0.29, 0.717) is 17.0 Å². The highest BCUT2D eigenvalue weighted by atomic mass is 19.2. The fourth-order valence-electron chi connectivity index (χ4n) is 2.35. The van der Waals surface area contributed by atoms with Gasteiger partial charge in [-0.25, -0.2) is 13.8 Å². The Hall–Kier alpha value is -2.96. The molecular formula is C16H13F2N5. The van der Waals surface area contributed by atoms with Gasteiger partial charge in [0.1, 0.15) is 11.4 Å².